The highest BCUT2D eigenvalue weighted by atomic mass is 16.3. The summed E-state index contributed by atoms with van der Waals surface area (Å²) in [5, 5.41) is 9.78. The molecule has 1 aliphatic heterocycles. The highest BCUT2D eigenvalue weighted by Gasteiger charge is 2.27. The normalized spacial score (nSPS) is 19.5. The third kappa shape index (κ3) is 4.47. The smallest absolute Gasteiger partial charge is 0.253 e. The first kappa shape index (κ1) is 17.8. The maximum Gasteiger partial charge on any atom is 0.253 e. The molecule has 1 fully saturated rings. The van der Waals surface area contributed by atoms with Crippen LogP contribution in [0.3, 0.4) is 0 Å². The summed E-state index contributed by atoms with van der Waals surface area (Å²) in [6, 6.07) is 7.95. The van der Waals surface area contributed by atoms with E-state index >= 15 is 0 Å². The maximum atomic E-state index is 12.7. The summed E-state index contributed by atoms with van der Waals surface area (Å²) in [6.45, 7) is 9.61. The zero-order valence-corrected chi connectivity index (χ0v) is 14.7. The molecule has 1 N–H and O–H groups in total. The molecule has 2 unspecified atom stereocenters. The van der Waals surface area contributed by atoms with Gasteiger partial charge in [-0.05, 0) is 57.4 Å². The van der Waals surface area contributed by atoms with Gasteiger partial charge in [0.2, 0.25) is 0 Å². The van der Waals surface area contributed by atoms with Gasteiger partial charge in [-0.15, -0.1) is 0 Å². The van der Waals surface area contributed by atoms with Crippen LogP contribution < -0.4 is 4.90 Å². The number of hydrogen-bond acceptors (Lipinski definition) is 3. The summed E-state index contributed by atoms with van der Waals surface area (Å²) in [7, 11) is 0. The fourth-order valence-electron chi connectivity index (χ4n) is 3.33. The molecule has 0 aromatic heterocycles. The van der Waals surface area contributed by atoms with Crippen molar-refractivity contribution in [1.29, 1.82) is 0 Å². The zero-order valence-electron chi connectivity index (χ0n) is 14.7. The van der Waals surface area contributed by atoms with Crippen molar-refractivity contribution in [3.05, 3.63) is 29.8 Å². The van der Waals surface area contributed by atoms with Gasteiger partial charge in [-0.2, -0.15) is 0 Å². The first-order valence-corrected chi connectivity index (χ1v) is 8.89. The van der Waals surface area contributed by atoms with E-state index in [1.54, 1.807) is 0 Å². The number of hydrogen-bond donors (Lipinski definition) is 1. The standard InChI is InChI=1S/C19H30N2O2/c1-4-12-20(5-2)18-10-8-16(9-11-18)19(23)21-13-6-7-17(14-21)15(3)22/h8-11,15,17,22H,4-7,12-14H2,1-3H3. The maximum absolute atomic E-state index is 12.7. The summed E-state index contributed by atoms with van der Waals surface area (Å²) >= 11 is 0. The Morgan fingerprint density at radius 1 is 1.35 bits per heavy atom. The number of amides is 1. The molecule has 1 aromatic carbocycles. The van der Waals surface area contributed by atoms with Crippen molar-refractivity contribution in [2.24, 2.45) is 5.92 Å². The SMILES string of the molecule is CCCN(CC)c1ccc(C(=O)N2CCCC(C(C)O)C2)cc1. The second-order valence-electron chi connectivity index (χ2n) is 6.52. The Morgan fingerprint density at radius 3 is 2.61 bits per heavy atom. The Bertz CT molecular complexity index is 499. The molecule has 1 aliphatic rings. The molecule has 4 heteroatoms. The van der Waals surface area contributed by atoms with Crippen LogP contribution in [-0.2, 0) is 0 Å². The number of nitrogens with zero attached hydrogens (tertiary/aromatic N) is 2. The topological polar surface area (TPSA) is 43.8 Å². The average Bonchev–Trinajstić information content (AvgIpc) is 2.59. The second kappa shape index (κ2) is 8.34. The van der Waals surface area contributed by atoms with E-state index in [-0.39, 0.29) is 17.9 Å². The van der Waals surface area contributed by atoms with Gasteiger partial charge in [0.25, 0.3) is 5.91 Å². The van der Waals surface area contributed by atoms with Gasteiger partial charge in [0, 0.05) is 43.3 Å². The van der Waals surface area contributed by atoms with Crippen molar-refractivity contribution in [2.75, 3.05) is 31.1 Å². The van der Waals surface area contributed by atoms with Crippen molar-refractivity contribution in [2.45, 2.75) is 46.1 Å². The van der Waals surface area contributed by atoms with Gasteiger partial charge in [-0.3, -0.25) is 4.79 Å². The lowest BCUT2D eigenvalue weighted by atomic mass is 9.93. The molecular formula is C19H30N2O2. The van der Waals surface area contributed by atoms with E-state index in [1.807, 2.05) is 36.1 Å². The summed E-state index contributed by atoms with van der Waals surface area (Å²) in [5.74, 6) is 0.285. The van der Waals surface area contributed by atoms with Gasteiger partial charge in [0.15, 0.2) is 0 Å². The predicted octanol–water partition coefficient (Wildman–Crippen LogP) is 3.16. The monoisotopic (exact) mass is 318 g/mol. The molecular weight excluding hydrogens is 288 g/mol. The Kier molecular flexibility index (Phi) is 6.46. The quantitative estimate of drug-likeness (QED) is 0.876. The molecule has 1 amide bonds. The Balaban J connectivity index is 2.05. The van der Waals surface area contributed by atoms with Crippen LogP contribution in [0.1, 0.15) is 50.4 Å². The summed E-state index contributed by atoms with van der Waals surface area (Å²) in [6.07, 6.45) is 2.74. The van der Waals surface area contributed by atoms with Crippen LogP contribution in [0.4, 0.5) is 5.69 Å². The van der Waals surface area contributed by atoms with Crippen LogP contribution in [0, 0.1) is 5.92 Å². The minimum absolute atomic E-state index is 0.0837. The van der Waals surface area contributed by atoms with Crippen molar-refractivity contribution in [1.82, 2.24) is 4.90 Å². The minimum atomic E-state index is -0.347. The molecule has 0 radical (unpaired) electrons. The fourth-order valence-corrected chi connectivity index (χ4v) is 3.33. The molecule has 23 heavy (non-hydrogen) atoms. The number of anilines is 1. The number of likely N-dealkylation sites (tertiary alicyclic amines) is 1. The lowest BCUT2D eigenvalue weighted by Crippen LogP contribution is -2.42. The second-order valence-corrected chi connectivity index (χ2v) is 6.52. The Labute approximate surface area is 140 Å². The van der Waals surface area contributed by atoms with Gasteiger partial charge in [-0.25, -0.2) is 0 Å². The zero-order chi connectivity index (χ0) is 16.8. The summed E-state index contributed by atoms with van der Waals surface area (Å²) < 4.78 is 0. The van der Waals surface area contributed by atoms with Crippen molar-refractivity contribution < 1.29 is 9.90 Å². The molecule has 1 heterocycles. The lowest BCUT2D eigenvalue weighted by molar-refractivity contribution is 0.0466. The molecule has 2 rings (SSSR count). The lowest BCUT2D eigenvalue weighted by Gasteiger charge is -2.34. The molecule has 0 bridgehead atoms. The fraction of sp³-hybridized carbons (Fsp3) is 0.632. The van der Waals surface area contributed by atoms with Crippen molar-refractivity contribution >= 4 is 11.6 Å². The van der Waals surface area contributed by atoms with Crippen LogP contribution in [0.15, 0.2) is 24.3 Å². The summed E-state index contributed by atoms with van der Waals surface area (Å²) in [4.78, 5) is 16.9. The van der Waals surface area contributed by atoms with Crippen LogP contribution in [0.25, 0.3) is 0 Å². The van der Waals surface area contributed by atoms with E-state index in [4.69, 9.17) is 0 Å². The highest BCUT2D eigenvalue weighted by Crippen LogP contribution is 2.22. The molecule has 4 nitrogen and oxygen atoms in total. The van der Waals surface area contributed by atoms with Gasteiger partial charge in [-0.1, -0.05) is 6.92 Å². The molecule has 0 saturated carbocycles. The third-order valence-electron chi connectivity index (χ3n) is 4.78. The van der Waals surface area contributed by atoms with Gasteiger partial charge in [0.05, 0.1) is 6.10 Å². The highest BCUT2D eigenvalue weighted by molar-refractivity contribution is 5.94. The van der Waals surface area contributed by atoms with Crippen LogP contribution in [0.2, 0.25) is 0 Å². The van der Waals surface area contributed by atoms with Crippen molar-refractivity contribution in [3.63, 3.8) is 0 Å². The van der Waals surface area contributed by atoms with E-state index < -0.39 is 0 Å². The Hall–Kier alpha value is -1.55. The number of carbonyl (C=O) groups excluding carboxylic acids is 1. The van der Waals surface area contributed by atoms with Crippen LogP contribution >= 0.6 is 0 Å². The van der Waals surface area contributed by atoms with Crippen LogP contribution in [0.5, 0.6) is 0 Å². The Morgan fingerprint density at radius 2 is 2.04 bits per heavy atom. The number of piperidine rings is 1. The largest absolute Gasteiger partial charge is 0.393 e. The molecule has 0 spiro atoms. The first-order valence-electron chi connectivity index (χ1n) is 8.89. The molecule has 1 aromatic rings. The van der Waals surface area contributed by atoms with E-state index in [9.17, 15) is 9.90 Å². The number of aliphatic hydroxyl groups excluding tert-OH is 1. The molecule has 128 valence electrons. The van der Waals surface area contributed by atoms with E-state index in [0.29, 0.717) is 6.54 Å². The third-order valence-corrected chi connectivity index (χ3v) is 4.78. The van der Waals surface area contributed by atoms with Gasteiger partial charge >= 0.3 is 0 Å². The predicted molar refractivity (Wildman–Crippen MR) is 94.9 cm³/mol. The summed E-state index contributed by atoms with van der Waals surface area (Å²) in [5.41, 5.74) is 1.92. The van der Waals surface area contributed by atoms with Gasteiger partial charge < -0.3 is 14.9 Å². The van der Waals surface area contributed by atoms with Gasteiger partial charge in [0.1, 0.15) is 0 Å². The minimum Gasteiger partial charge on any atom is -0.393 e. The first-order chi connectivity index (χ1) is 11.1. The van der Waals surface area contributed by atoms with Crippen LogP contribution in [-0.4, -0.2) is 48.2 Å². The molecule has 2 atom stereocenters. The van der Waals surface area contributed by atoms with Crippen molar-refractivity contribution in [3.8, 4) is 0 Å². The van der Waals surface area contributed by atoms with E-state index in [2.05, 4.69) is 18.7 Å². The van der Waals surface area contributed by atoms with E-state index in [1.165, 1.54) is 5.69 Å². The number of carbonyl (C=O) groups is 1. The number of aliphatic hydroxyl groups is 1. The number of benzene rings is 1. The molecule has 1 saturated heterocycles. The average molecular weight is 318 g/mol. The molecule has 0 aliphatic carbocycles. The number of rotatable bonds is 6. The van der Waals surface area contributed by atoms with E-state index in [0.717, 1.165) is 44.5 Å².